The first-order valence-corrected chi connectivity index (χ1v) is 6.45. The maximum absolute atomic E-state index is 3.71. The van der Waals surface area contributed by atoms with Gasteiger partial charge in [-0.15, -0.1) is 0 Å². The van der Waals surface area contributed by atoms with Crippen LogP contribution in [0.5, 0.6) is 0 Å². The molecule has 0 saturated heterocycles. The predicted molar refractivity (Wildman–Crippen MR) is 69.5 cm³/mol. The number of hydrogen-bond acceptors (Lipinski definition) is 1. The van der Waals surface area contributed by atoms with Gasteiger partial charge in [-0.2, -0.15) is 0 Å². The monoisotopic (exact) mass is 217 g/mol. The van der Waals surface area contributed by atoms with E-state index in [1.807, 2.05) is 0 Å². The molecule has 0 radical (unpaired) electrons. The van der Waals surface area contributed by atoms with E-state index < -0.39 is 0 Å². The van der Waals surface area contributed by atoms with E-state index in [0.29, 0.717) is 5.54 Å². The normalized spacial score (nSPS) is 16.4. The van der Waals surface area contributed by atoms with Crippen molar-refractivity contribution in [3.63, 3.8) is 0 Å². The van der Waals surface area contributed by atoms with E-state index in [-0.39, 0.29) is 0 Å². The molecule has 1 saturated carbocycles. The highest BCUT2D eigenvalue weighted by Gasteiger charge is 2.37. The van der Waals surface area contributed by atoms with Crippen LogP contribution in [-0.2, 0) is 13.0 Å². The minimum Gasteiger partial charge on any atom is -0.307 e. The minimum atomic E-state index is 0.306. The van der Waals surface area contributed by atoms with Gasteiger partial charge in [0.25, 0.3) is 0 Å². The summed E-state index contributed by atoms with van der Waals surface area (Å²) in [6, 6.07) is 8.75. The molecule has 0 atom stereocenters. The Balaban J connectivity index is 1.98. The van der Waals surface area contributed by atoms with E-state index in [4.69, 9.17) is 0 Å². The molecular weight excluding hydrogens is 194 g/mol. The molecule has 1 N–H and O–H groups in total. The lowest BCUT2D eigenvalue weighted by Gasteiger charge is -2.27. The maximum Gasteiger partial charge on any atom is 0.0213 e. The molecule has 0 aliphatic heterocycles. The Hall–Kier alpha value is -0.820. The Bertz CT molecular complexity index is 350. The van der Waals surface area contributed by atoms with Crippen LogP contribution in [0.1, 0.15) is 44.7 Å². The lowest BCUT2D eigenvalue weighted by Crippen LogP contribution is -2.40. The Morgan fingerprint density at radius 1 is 1.19 bits per heavy atom. The van der Waals surface area contributed by atoms with Crippen LogP contribution in [0.25, 0.3) is 0 Å². The summed E-state index contributed by atoms with van der Waals surface area (Å²) in [4.78, 5) is 0. The zero-order valence-corrected chi connectivity index (χ0v) is 10.7. The van der Waals surface area contributed by atoms with Crippen LogP contribution in [0, 0.1) is 5.92 Å². The SMILES string of the molecule is CCc1ccccc1CNC(C)(C)C1CC1. The van der Waals surface area contributed by atoms with Crippen molar-refractivity contribution < 1.29 is 0 Å². The zero-order chi connectivity index (χ0) is 11.6. The van der Waals surface area contributed by atoms with E-state index in [9.17, 15) is 0 Å². The Kier molecular flexibility index (Phi) is 3.34. The first-order chi connectivity index (χ1) is 7.63. The van der Waals surface area contributed by atoms with E-state index >= 15 is 0 Å². The summed E-state index contributed by atoms with van der Waals surface area (Å²) >= 11 is 0. The molecule has 1 nitrogen and oxygen atoms in total. The first-order valence-electron chi connectivity index (χ1n) is 6.45. The maximum atomic E-state index is 3.71. The van der Waals surface area contributed by atoms with Crippen LogP contribution in [-0.4, -0.2) is 5.54 Å². The minimum absolute atomic E-state index is 0.306. The Labute approximate surface area is 99.3 Å². The topological polar surface area (TPSA) is 12.0 Å². The fraction of sp³-hybridized carbons (Fsp3) is 0.600. The lowest BCUT2D eigenvalue weighted by molar-refractivity contribution is 0.339. The van der Waals surface area contributed by atoms with Gasteiger partial charge in [0.05, 0.1) is 0 Å². The van der Waals surface area contributed by atoms with Crippen molar-refractivity contribution >= 4 is 0 Å². The quantitative estimate of drug-likeness (QED) is 0.795. The molecule has 16 heavy (non-hydrogen) atoms. The molecule has 0 heterocycles. The van der Waals surface area contributed by atoms with Gasteiger partial charge in [-0.25, -0.2) is 0 Å². The van der Waals surface area contributed by atoms with Crippen molar-refractivity contribution in [2.75, 3.05) is 0 Å². The summed E-state index contributed by atoms with van der Waals surface area (Å²) in [6.07, 6.45) is 3.92. The van der Waals surface area contributed by atoms with E-state index in [1.165, 1.54) is 24.0 Å². The molecule has 0 bridgehead atoms. The van der Waals surface area contributed by atoms with Crippen molar-refractivity contribution in [3.05, 3.63) is 35.4 Å². The molecule has 1 aromatic rings. The van der Waals surface area contributed by atoms with E-state index in [2.05, 4.69) is 50.4 Å². The van der Waals surface area contributed by atoms with Crippen LogP contribution in [0.4, 0.5) is 0 Å². The van der Waals surface area contributed by atoms with Crippen molar-refractivity contribution in [2.45, 2.75) is 52.1 Å². The third kappa shape index (κ3) is 2.65. The standard InChI is InChI=1S/C15H23N/c1-4-12-7-5-6-8-13(12)11-16-15(2,3)14-9-10-14/h5-8,14,16H,4,9-11H2,1-3H3. The highest BCUT2D eigenvalue weighted by molar-refractivity contribution is 5.27. The van der Waals surface area contributed by atoms with Crippen LogP contribution < -0.4 is 5.32 Å². The molecule has 0 unspecified atom stereocenters. The predicted octanol–water partition coefficient (Wildman–Crippen LogP) is 3.53. The summed E-state index contributed by atoms with van der Waals surface area (Å²) in [5.41, 5.74) is 3.24. The summed E-state index contributed by atoms with van der Waals surface area (Å²) in [5.74, 6) is 0.890. The average Bonchev–Trinajstić information content (AvgIpc) is 3.11. The third-order valence-corrected chi connectivity index (χ3v) is 3.83. The lowest BCUT2D eigenvalue weighted by atomic mass is 9.97. The van der Waals surface area contributed by atoms with Gasteiger partial charge in [-0.1, -0.05) is 31.2 Å². The van der Waals surface area contributed by atoms with Crippen LogP contribution in [0.15, 0.2) is 24.3 Å². The number of nitrogens with one attached hydrogen (secondary N) is 1. The zero-order valence-electron chi connectivity index (χ0n) is 10.7. The van der Waals surface area contributed by atoms with Gasteiger partial charge in [0.2, 0.25) is 0 Å². The molecule has 1 fully saturated rings. The highest BCUT2D eigenvalue weighted by atomic mass is 15.0. The van der Waals surface area contributed by atoms with Gasteiger partial charge in [0.15, 0.2) is 0 Å². The van der Waals surface area contributed by atoms with Gasteiger partial charge in [-0.3, -0.25) is 0 Å². The molecule has 0 amide bonds. The van der Waals surface area contributed by atoms with Gasteiger partial charge in [-0.05, 0) is 50.2 Å². The van der Waals surface area contributed by atoms with Crippen molar-refractivity contribution in [2.24, 2.45) is 5.92 Å². The average molecular weight is 217 g/mol. The fourth-order valence-corrected chi connectivity index (χ4v) is 2.35. The van der Waals surface area contributed by atoms with Gasteiger partial charge in [0.1, 0.15) is 0 Å². The van der Waals surface area contributed by atoms with Gasteiger partial charge < -0.3 is 5.32 Å². The third-order valence-electron chi connectivity index (χ3n) is 3.83. The molecular formula is C15H23N. The smallest absolute Gasteiger partial charge is 0.0213 e. The summed E-state index contributed by atoms with van der Waals surface area (Å²) < 4.78 is 0. The summed E-state index contributed by atoms with van der Waals surface area (Å²) in [7, 11) is 0. The Morgan fingerprint density at radius 3 is 2.38 bits per heavy atom. The fourth-order valence-electron chi connectivity index (χ4n) is 2.35. The molecule has 1 aliphatic rings. The highest BCUT2D eigenvalue weighted by Crippen LogP contribution is 2.39. The molecule has 0 aromatic heterocycles. The number of aryl methyl sites for hydroxylation is 1. The van der Waals surface area contributed by atoms with Crippen LogP contribution >= 0.6 is 0 Å². The molecule has 88 valence electrons. The van der Waals surface area contributed by atoms with Crippen molar-refractivity contribution in [3.8, 4) is 0 Å². The second-order valence-corrected chi connectivity index (χ2v) is 5.47. The van der Waals surface area contributed by atoms with Crippen molar-refractivity contribution in [1.29, 1.82) is 0 Å². The number of benzene rings is 1. The van der Waals surface area contributed by atoms with Gasteiger partial charge in [0, 0.05) is 12.1 Å². The van der Waals surface area contributed by atoms with Crippen molar-refractivity contribution in [1.82, 2.24) is 5.32 Å². The number of rotatable bonds is 5. The summed E-state index contributed by atoms with van der Waals surface area (Å²) in [5, 5.41) is 3.71. The number of hydrogen-bond donors (Lipinski definition) is 1. The molecule has 2 rings (SSSR count). The van der Waals surface area contributed by atoms with E-state index in [0.717, 1.165) is 18.9 Å². The second kappa shape index (κ2) is 4.58. The Morgan fingerprint density at radius 2 is 1.81 bits per heavy atom. The second-order valence-electron chi connectivity index (χ2n) is 5.47. The largest absolute Gasteiger partial charge is 0.307 e. The molecule has 0 spiro atoms. The van der Waals surface area contributed by atoms with Gasteiger partial charge >= 0.3 is 0 Å². The first kappa shape index (κ1) is 11.7. The van der Waals surface area contributed by atoms with E-state index in [1.54, 1.807) is 0 Å². The van der Waals surface area contributed by atoms with Crippen LogP contribution in [0.3, 0.4) is 0 Å². The molecule has 1 aromatic carbocycles. The summed E-state index contributed by atoms with van der Waals surface area (Å²) in [6.45, 7) is 7.90. The van der Waals surface area contributed by atoms with Crippen LogP contribution in [0.2, 0.25) is 0 Å². The molecule has 1 aliphatic carbocycles. The molecule has 1 heteroatoms.